The van der Waals surface area contributed by atoms with E-state index in [9.17, 15) is 9.59 Å². The number of likely N-dealkylation sites (tertiary alicyclic amines) is 1. The van der Waals surface area contributed by atoms with Crippen LogP contribution >= 0.6 is 35.6 Å². The zero-order valence-electron chi connectivity index (χ0n) is 16.9. The smallest absolute Gasteiger partial charge is 0.250 e. The van der Waals surface area contributed by atoms with Crippen LogP contribution in [0.15, 0.2) is 41.2 Å². The third-order valence-electron chi connectivity index (χ3n) is 5.76. The number of hydrogen-bond donors (Lipinski definition) is 1. The van der Waals surface area contributed by atoms with Crippen LogP contribution in [0.5, 0.6) is 0 Å². The fourth-order valence-electron chi connectivity index (χ4n) is 4.29. The first-order valence-corrected chi connectivity index (χ1v) is 11.7. The van der Waals surface area contributed by atoms with Crippen molar-refractivity contribution in [3.8, 4) is 0 Å². The molecule has 4 rings (SSSR count). The molecule has 158 valence electrons. The predicted octanol–water partition coefficient (Wildman–Crippen LogP) is 4.27. The number of nitrogens with one attached hydrogen (secondary N) is 1. The molecule has 3 atom stereocenters. The maximum absolute atomic E-state index is 12.7. The van der Waals surface area contributed by atoms with E-state index >= 15 is 0 Å². The van der Waals surface area contributed by atoms with Gasteiger partial charge < -0.3 is 14.8 Å². The minimum absolute atomic E-state index is 0.0766. The van der Waals surface area contributed by atoms with Crippen LogP contribution < -0.4 is 10.9 Å². The molecule has 0 spiro atoms. The summed E-state index contributed by atoms with van der Waals surface area (Å²) in [6, 6.07) is 11.1. The Balaban J connectivity index is 1.40. The van der Waals surface area contributed by atoms with Crippen LogP contribution in [-0.4, -0.2) is 38.0 Å². The van der Waals surface area contributed by atoms with Gasteiger partial charge in [-0.3, -0.25) is 9.59 Å². The number of thioether (sulfide) groups is 1. The van der Waals surface area contributed by atoms with E-state index in [1.807, 2.05) is 42.7 Å². The summed E-state index contributed by atoms with van der Waals surface area (Å²) < 4.78 is 2.64. The van der Waals surface area contributed by atoms with Crippen molar-refractivity contribution in [3.63, 3.8) is 0 Å². The largest absolute Gasteiger partial charge is 0.356 e. The summed E-state index contributed by atoms with van der Waals surface area (Å²) in [7, 11) is 0. The van der Waals surface area contributed by atoms with E-state index in [0.29, 0.717) is 22.5 Å². The highest BCUT2D eigenvalue weighted by molar-refractivity contribution is 8.23. The Labute approximate surface area is 190 Å². The number of pyridine rings is 1. The summed E-state index contributed by atoms with van der Waals surface area (Å²) >= 11 is 13.3. The monoisotopic (exact) mass is 461 g/mol. The SMILES string of the molecule is Cc1ccc(Cl)c(NC(=O)[C@@H](C)SC(=S)N2C[C@H]3C[C@@H](C2)c2cccc(=O)n2C3)c1. The molecule has 2 bridgehead atoms. The van der Waals surface area contributed by atoms with Crippen molar-refractivity contribution in [1.82, 2.24) is 9.47 Å². The predicted molar refractivity (Wildman–Crippen MR) is 128 cm³/mol. The van der Waals surface area contributed by atoms with Crippen LogP contribution in [0.3, 0.4) is 0 Å². The number of benzene rings is 1. The Kier molecular flexibility index (Phi) is 6.23. The molecule has 8 heteroatoms. The van der Waals surface area contributed by atoms with Gasteiger partial charge in [0.05, 0.1) is 16.0 Å². The van der Waals surface area contributed by atoms with Gasteiger partial charge in [0.15, 0.2) is 0 Å². The van der Waals surface area contributed by atoms with E-state index in [0.717, 1.165) is 41.6 Å². The second-order valence-electron chi connectivity index (χ2n) is 8.10. The molecule has 0 unspecified atom stereocenters. The van der Waals surface area contributed by atoms with Gasteiger partial charge >= 0.3 is 0 Å². The number of carbonyl (C=O) groups excluding carboxylic acids is 1. The number of carbonyl (C=O) groups is 1. The van der Waals surface area contributed by atoms with Crippen LogP contribution in [-0.2, 0) is 11.3 Å². The van der Waals surface area contributed by atoms with Crippen molar-refractivity contribution in [2.45, 2.75) is 38.0 Å². The quantitative estimate of drug-likeness (QED) is 0.691. The number of aryl methyl sites for hydroxylation is 1. The molecule has 0 saturated carbocycles. The molecule has 1 saturated heterocycles. The van der Waals surface area contributed by atoms with Crippen molar-refractivity contribution in [3.05, 3.63) is 63.0 Å². The van der Waals surface area contributed by atoms with Crippen molar-refractivity contribution in [2.24, 2.45) is 5.92 Å². The standard InChI is InChI=1S/C22H24ClN3O2S2/c1-13-6-7-17(23)18(8-13)24-21(28)14(2)30-22(29)25-10-15-9-16(12-25)19-4-3-5-20(27)26(19)11-15/h3-8,14-16H,9-12H2,1-2H3,(H,24,28)/t14-,15-,16+/m1/s1. The second kappa shape index (κ2) is 8.73. The van der Waals surface area contributed by atoms with Crippen molar-refractivity contribution < 1.29 is 4.79 Å². The van der Waals surface area contributed by atoms with Crippen LogP contribution in [0, 0.1) is 12.8 Å². The van der Waals surface area contributed by atoms with Crippen molar-refractivity contribution >= 4 is 51.5 Å². The first-order valence-electron chi connectivity index (χ1n) is 10.0. The zero-order chi connectivity index (χ0) is 21.4. The Hall–Kier alpha value is -1.83. The number of thiocarbonyl (C=S) groups is 1. The molecule has 3 heterocycles. The molecule has 1 fully saturated rings. The maximum atomic E-state index is 12.7. The van der Waals surface area contributed by atoms with Gasteiger partial charge in [-0.05, 0) is 49.9 Å². The number of halogens is 1. The lowest BCUT2D eigenvalue weighted by Gasteiger charge is -2.43. The van der Waals surface area contributed by atoms with Crippen molar-refractivity contribution in [2.75, 3.05) is 18.4 Å². The van der Waals surface area contributed by atoms with Gasteiger partial charge in [0.1, 0.15) is 4.32 Å². The van der Waals surface area contributed by atoms with E-state index in [2.05, 4.69) is 10.2 Å². The molecular weight excluding hydrogens is 438 g/mol. The first-order chi connectivity index (χ1) is 14.3. The van der Waals surface area contributed by atoms with Crippen LogP contribution in [0.1, 0.15) is 30.5 Å². The zero-order valence-corrected chi connectivity index (χ0v) is 19.3. The minimum atomic E-state index is -0.342. The lowest BCUT2D eigenvalue weighted by atomic mass is 9.83. The molecular formula is C22H24ClN3O2S2. The van der Waals surface area contributed by atoms with Gasteiger partial charge in [-0.15, -0.1) is 0 Å². The van der Waals surface area contributed by atoms with E-state index in [-0.39, 0.29) is 16.7 Å². The second-order valence-corrected chi connectivity index (χ2v) is 10.5. The Morgan fingerprint density at radius 3 is 2.87 bits per heavy atom. The van der Waals surface area contributed by atoms with Gasteiger partial charge in [-0.2, -0.15) is 0 Å². The molecule has 0 radical (unpaired) electrons. The summed E-state index contributed by atoms with van der Waals surface area (Å²) in [4.78, 5) is 27.1. The highest BCUT2D eigenvalue weighted by atomic mass is 35.5. The fraction of sp³-hybridized carbons (Fsp3) is 0.409. The van der Waals surface area contributed by atoms with Gasteiger partial charge in [0.25, 0.3) is 5.56 Å². The molecule has 5 nitrogen and oxygen atoms in total. The fourth-order valence-corrected chi connectivity index (χ4v) is 5.81. The van der Waals surface area contributed by atoms with Gasteiger partial charge in [-0.1, -0.05) is 47.7 Å². The summed E-state index contributed by atoms with van der Waals surface area (Å²) in [5.74, 6) is 0.564. The number of rotatable bonds is 3. The highest BCUT2D eigenvalue weighted by Gasteiger charge is 2.35. The molecule has 0 aliphatic carbocycles. The number of fused-ring (bicyclic) bond motifs is 4. The number of aromatic nitrogens is 1. The first kappa shape index (κ1) is 21.4. The lowest BCUT2D eigenvalue weighted by Crippen LogP contribution is -2.48. The Morgan fingerprint density at radius 2 is 2.07 bits per heavy atom. The number of amides is 1. The Morgan fingerprint density at radius 1 is 1.27 bits per heavy atom. The third kappa shape index (κ3) is 4.43. The summed E-state index contributed by atoms with van der Waals surface area (Å²) in [5.41, 5.74) is 2.82. The molecule has 2 aliphatic heterocycles. The van der Waals surface area contributed by atoms with E-state index in [4.69, 9.17) is 23.8 Å². The molecule has 2 aliphatic rings. The molecule has 30 heavy (non-hydrogen) atoms. The van der Waals surface area contributed by atoms with Gasteiger partial charge in [0, 0.05) is 37.3 Å². The number of hydrogen-bond acceptors (Lipinski definition) is 4. The Bertz CT molecular complexity index is 1050. The average molecular weight is 462 g/mol. The molecule has 1 amide bonds. The lowest BCUT2D eigenvalue weighted by molar-refractivity contribution is -0.115. The highest BCUT2D eigenvalue weighted by Crippen LogP contribution is 2.36. The van der Waals surface area contributed by atoms with E-state index in [1.54, 1.807) is 12.1 Å². The number of piperidine rings is 1. The van der Waals surface area contributed by atoms with Crippen LogP contribution in [0.4, 0.5) is 5.69 Å². The summed E-state index contributed by atoms with van der Waals surface area (Å²) in [6.45, 7) is 6.15. The van der Waals surface area contributed by atoms with Crippen molar-refractivity contribution in [1.29, 1.82) is 0 Å². The van der Waals surface area contributed by atoms with E-state index < -0.39 is 0 Å². The molecule has 1 aromatic heterocycles. The number of anilines is 1. The molecule has 1 aromatic carbocycles. The van der Waals surface area contributed by atoms with Gasteiger partial charge in [0.2, 0.25) is 5.91 Å². The third-order valence-corrected chi connectivity index (χ3v) is 7.67. The molecule has 2 aromatic rings. The van der Waals surface area contributed by atoms with Crippen LogP contribution in [0.2, 0.25) is 5.02 Å². The summed E-state index contributed by atoms with van der Waals surface area (Å²) in [5, 5.41) is 3.09. The average Bonchev–Trinajstić information content (AvgIpc) is 2.71. The van der Waals surface area contributed by atoms with E-state index in [1.165, 1.54) is 11.8 Å². The van der Waals surface area contributed by atoms with Gasteiger partial charge in [-0.25, -0.2) is 0 Å². The number of nitrogens with zero attached hydrogens (tertiary/aromatic N) is 2. The minimum Gasteiger partial charge on any atom is -0.356 e. The summed E-state index contributed by atoms with van der Waals surface area (Å²) in [6.07, 6.45) is 1.08. The molecule has 1 N–H and O–H groups in total. The topological polar surface area (TPSA) is 54.3 Å². The maximum Gasteiger partial charge on any atom is 0.250 e. The van der Waals surface area contributed by atoms with Crippen LogP contribution in [0.25, 0.3) is 0 Å². The normalized spacial score (nSPS) is 21.0.